The van der Waals surface area contributed by atoms with Crippen molar-refractivity contribution in [2.75, 3.05) is 11.4 Å². The number of hydrogen-bond acceptors (Lipinski definition) is 6. The third kappa shape index (κ3) is 2.94. The molecule has 1 fully saturated rings. The zero-order valence-corrected chi connectivity index (χ0v) is 12.1. The second kappa shape index (κ2) is 5.65. The van der Waals surface area contributed by atoms with Gasteiger partial charge in [-0.25, -0.2) is 0 Å². The van der Waals surface area contributed by atoms with E-state index in [9.17, 15) is 9.59 Å². The molecule has 1 aliphatic heterocycles. The molecule has 21 heavy (non-hydrogen) atoms. The van der Waals surface area contributed by atoms with Crippen LogP contribution >= 0.6 is 11.8 Å². The van der Waals surface area contributed by atoms with Crippen molar-refractivity contribution in [1.29, 1.82) is 0 Å². The lowest BCUT2D eigenvalue weighted by atomic mass is 10.2. The van der Waals surface area contributed by atoms with E-state index in [-0.39, 0.29) is 16.3 Å². The zero-order valence-electron chi connectivity index (χ0n) is 11.3. The van der Waals surface area contributed by atoms with Crippen molar-refractivity contribution in [3.8, 4) is 11.4 Å². The van der Waals surface area contributed by atoms with Crippen LogP contribution in [-0.2, 0) is 9.59 Å². The van der Waals surface area contributed by atoms with Gasteiger partial charge in [0.2, 0.25) is 11.7 Å². The molecule has 0 aliphatic carbocycles. The summed E-state index contributed by atoms with van der Waals surface area (Å²) in [4.78, 5) is 25.0. The van der Waals surface area contributed by atoms with Gasteiger partial charge in [0.25, 0.3) is 0 Å². The summed E-state index contributed by atoms with van der Waals surface area (Å²) in [6.07, 6.45) is 0.386. The summed E-state index contributed by atoms with van der Waals surface area (Å²) in [5, 5.41) is 13.8. The maximum atomic E-state index is 12.1. The van der Waals surface area contributed by atoms with Crippen LogP contribution in [0.4, 0.5) is 5.69 Å². The summed E-state index contributed by atoms with van der Waals surface area (Å²) in [5.74, 6) is 0.511. The standard InChI is InChI=1S/C13H13N5O2S/c1-8(19)21-11-6-12(20)18(7-11)10-4-2-3-9(5-10)13-14-16-17-15-13/h2-5,11H,6-7H2,1H3,(H,14,15,16,17). The molecule has 1 aromatic heterocycles. The van der Waals surface area contributed by atoms with Crippen LogP contribution in [0.15, 0.2) is 24.3 Å². The van der Waals surface area contributed by atoms with E-state index in [4.69, 9.17) is 0 Å². The molecule has 1 aliphatic rings. The smallest absolute Gasteiger partial charge is 0.228 e. The Balaban J connectivity index is 1.82. The number of aromatic amines is 1. The molecule has 1 amide bonds. The fourth-order valence-corrected chi connectivity index (χ4v) is 3.25. The number of anilines is 1. The SMILES string of the molecule is CC(=O)SC1CC(=O)N(c2cccc(-c3nn[nH]n3)c2)C1. The molecular formula is C13H13N5O2S. The first-order valence-electron chi connectivity index (χ1n) is 6.45. The maximum Gasteiger partial charge on any atom is 0.228 e. The number of aromatic nitrogens is 4. The quantitative estimate of drug-likeness (QED) is 0.917. The normalized spacial score (nSPS) is 18.2. The molecule has 1 saturated heterocycles. The first-order valence-corrected chi connectivity index (χ1v) is 7.33. The first kappa shape index (κ1) is 13.7. The van der Waals surface area contributed by atoms with E-state index >= 15 is 0 Å². The highest BCUT2D eigenvalue weighted by Gasteiger charge is 2.32. The summed E-state index contributed by atoms with van der Waals surface area (Å²) >= 11 is 1.23. The van der Waals surface area contributed by atoms with Crippen LogP contribution in [0.5, 0.6) is 0 Å². The van der Waals surface area contributed by atoms with Crippen molar-refractivity contribution in [2.45, 2.75) is 18.6 Å². The minimum Gasteiger partial charge on any atom is -0.311 e. The molecule has 1 unspecified atom stereocenters. The largest absolute Gasteiger partial charge is 0.311 e. The molecule has 2 aromatic rings. The Morgan fingerprint density at radius 2 is 2.33 bits per heavy atom. The average Bonchev–Trinajstić information content (AvgIpc) is 3.08. The van der Waals surface area contributed by atoms with E-state index in [1.807, 2.05) is 24.3 Å². The lowest BCUT2D eigenvalue weighted by molar-refractivity contribution is -0.117. The maximum absolute atomic E-state index is 12.1. The molecule has 108 valence electrons. The minimum absolute atomic E-state index is 0.0174. The fourth-order valence-electron chi connectivity index (χ4n) is 2.33. The third-order valence-corrected chi connectivity index (χ3v) is 4.16. The highest BCUT2D eigenvalue weighted by molar-refractivity contribution is 8.14. The van der Waals surface area contributed by atoms with Crippen molar-refractivity contribution in [3.05, 3.63) is 24.3 Å². The van der Waals surface area contributed by atoms with Gasteiger partial charge < -0.3 is 4.90 Å². The molecule has 1 aromatic carbocycles. The Morgan fingerprint density at radius 3 is 3.05 bits per heavy atom. The number of amides is 1. The zero-order chi connectivity index (χ0) is 14.8. The first-order chi connectivity index (χ1) is 10.1. The molecular weight excluding hydrogens is 290 g/mol. The van der Waals surface area contributed by atoms with E-state index in [0.717, 1.165) is 11.3 Å². The molecule has 3 rings (SSSR count). The van der Waals surface area contributed by atoms with Crippen molar-refractivity contribution < 1.29 is 9.59 Å². The Kier molecular flexibility index (Phi) is 3.70. The summed E-state index contributed by atoms with van der Waals surface area (Å²) in [7, 11) is 0. The number of rotatable bonds is 3. The van der Waals surface area contributed by atoms with Crippen LogP contribution in [0.3, 0.4) is 0 Å². The summed E-state index contributed by atoms with van der Waals surface area (Å²) in [6, 6.07) is 7.42. The van der Waals surface area contributed by atoms with E-state index in [1.54, 1.807) is 4.90 Å². The second-order valence-corrected chi connectivity index (χ2v) is 6.20. The van der Waals surface area contributed by atoms with Crippen LogP contribution < -0.4 is 4.90 Å². The lowest BCUT2D eigenvalue weighted by Gasteiger charge is -2.16. The number of H-pyrrole nitrogens is 1. The summed E-state index contributed by atoms with van der Waals surface area (Å²) in [5.41, 5.74) is 1.57. The Labute approximate surface area is 125 Å². The van der Waals surface area contributed by atoms with E-state index in [1.165, 1.54) is 18.7 Å². The van der Waals surface area contributed by atoms with Gasteiger partial charge in [-0.2, -0.15) is 5.21 Å². The Hall–Kier alpha value is -2.22. The number of hydrogen-bond donors (Lipinski definition) is 1. The van der Waals surface area contributed by atoms with E-state index in [2.05, 4.69) is 20.6 Å². The molecule has 0 bridgehead atoms. The Bertz CT molecular complexity index is 673. The predicted molar refractivity (Wildman–Crippen MR) is 78.6 cm³/mol. The fraction of sp³-hybridized carbons (Fsp3) is 0.308. The number of thioether (sulfide) groups is 1. The second-order valence-electron chi connectivity index (χ2n) is 4.73. The highest BCUT2D eigenvalue weighted by Crippen LogP contribution is 2.30. The highest BCUT2D eigenvalue weighted by atomic mass is 32.2. The molecule has 2 heterocycles. The van der Waals surface area contributed by atoms with Crippen LogP contribution in [0, 0.1) is 0 Å². The summed E-state index contributed by atoms with van der Waals surface area (Å²) in [6.45, 7) is 2.06. The van der Waals surface area contributed by atoms with E-state index in [0.29, 0.717) is 18.8 Å². The molecule has 8 heteroatoms. The Morgan fingerprint density at radius 1 is 1.48 bits per heavy atom. The predicted octanol–water partition coefficient (Wildman–Crippen LogP) is 1.25. The van der Waals surface area contributed by atoms with Gasteiger partial charge in [0.05, 0.1) is 0 Å². The molecule has 1 atom stereocenters. The van der Waals surface area contributed by atoms with Crippen LogP contribution in [0.25, 0.3) is 11.4 Å². The topological polar surface area (TPSA) is 91.8 Å². The van der Waals surface area contributed by atoms with Crippen LogP contribution in [-0.4, -0.2) is 43.4 Å². The van der Waals surface area contributed by atoms with Crippen LogP contribution in [0.2, 0.25) is 0 Å². The summed E-state index contributed by atoms with van der Waals surface area (Å²) < 4.78 is 0. The van der Waals surface area contributed by atoms with Gasteiger partial charge in [0, 0.05) is 36.4 Å². The van der Waals surface area contributed by atoms with Crippen molar-refractivity contribution in [3.63, 3.8) is 0 Å². The van der Waals surface area contributed by atoms with Gasteiger partial charge in [0.15, 0.2) is 5.12 Å². The number of nitrogens with zero attached hydrogens (tertiary/aromatic N) is 4. The molecule has 0 saturated carbocycles. The molecule has 7 nitrogen and oxygen atoms in total. The molecule has 0 spiro atoms. The number of benzene rings is 1. The average molecular weight is 303 g/mol. The number of tetrazole rings is 1. The van der Waals surface area contributed by atoms with Crippen molar-refractivity contribution >= 4 is 28.5 Å². The van der Waals surface area contributed by atoms with Gasteiger partial charge in [-0.15, -0.1) is 10.2 Å². The minimum atomic E-state index is 0.0174. The van der Waals surface area contributed by atoms with Gasteiger partial charge in [-0.3, -0.25) is 9.59 Å². The van der Waals surface area contributed by atoms with Gasteiger partial charge in [-0.1, -0.05) is 23.9 Å². The van der Waals surface area contributed by atoms with Crippen molar-refractivity contribution in [1.82, 2.24) is 20.6 Å². The lowest BCUT2D eigenvalue weighted by Crippen LogP contribution is -2.24. The van der Waals surface area contributed by atoms with E-state index < -0.39 is 0 Å². The number of carbonyl (C=O) groups excluding carboxylic acids is 2. The van der Waals surface area contributed by atoms with Gasteiger partial charge in [0.1, 0.15) is 0 Å². The number of carbonyl (C=O) groups is 2. The monoisotopic (exact) mass is 303 g/mol. The van der Waals surface area contributed by atoms with Gasteiger partial charge in [-0.05, 0) is 17.3 Å². The molecule has 1 N–H and O–H groups in total. The number of nitrogens with one attached hydrogen (secondary N) is 1. The third-order valence-electron chi connectivity index (χ3n) is 3.18. The van der Waals surface area contributed by atoms with Crippen molar-refractivity contribution in [2.24, 2.45) is 0 Å². The molecule has 0 radical (unpaired) electrons. The van der Waals surface area contributed by atoms with Gasteiger partial charge >= 0.3 is 0 Å². The van der Waals surface area contributed by atoms with Crippen LogP contribution in [0.1, 0.15) is 13.3 Å².